The summed E-state index contributed by atoms with van der Waals surface area (Å²) in [4.78, 5) is 15.1. The van der Waals surface area contributed by atoms with Crippen LogP contribution in [0, 0.1) is 0 Å². The lowest BCUT2D eigenvalue weighted by molar-refractivity contribution is 0.1000. The van der Waals surface area contributed by atoms with Crippen molar-refractivity contribution in [2.24, 2.45) is 5.73 Å². The summed E-state index contributed by atoms with van der Waals surface area (Å²) in [6.07, 6.45) is 1.53. The van der Waals surface area contributed by atoms with Crippen LogP contribution >= 0.6 is 0 Å². The van der Waals surface area contributed by atoms with Gasteiger partial charge in [-0.2, -0.15) is 0 Å². The molecule has 0 atom stereocenters. The van der Waals surface area contributed by atoms with Crippen molar-refractivity contribution >= 4 is 5.91 Å². The maximum Gasteiger partial charge on any atom is 0.248 e. The maximum absolute atomic E-state index is 11.0. The average Bonchev–Trinajstić information content (AvgIpc) is 2.30. The van der Waals surface area contributed by atoms with E-state index in [0.717, 1.165) is 5.56 Å². The largest absolute Gasteiger partial charge is 0.508 e. The first-order valence-corrected chi connectivity index (χ1v) is 4.72. The van der Waals surface area contributed by atoms with Crippen LogP contribution in [0.3, 0.4) is 0 Å². The van der Waals surface area contributed by atoms with E-state index in [9.17, 15) is 4.79 Å². The topological polar surface area (TPSA) is 76.2 Å². The van der Waals surface area contributed by atoms with Crippen LogP contribution in [0.5, 0.6) is 5.75 Å². The molecule has 0 saturated heterocycles. The molecule has 1 aromatic carbocycles. The Kier molecular flexibility index (Phi) is 2.55. The molecule has 16 heavy (non-hydrogen) atoms. The van der Waals surface area contributed by atoms with Gasteiger partial charge in [0.2, 0.25) is 5.91 Å². The molecule has 0 aliphatic carbocycles. The molecular formula is C12H10N2O2. The van der Waals surface area contributed by atoms with E-state index in [2.05, 4.69) is 4.98 Å². The summed E-state index contributed by atoms with van der Waals surface area (Å²) in [5.41, 5.74) is 7.06. The number of phenols is 1. The van der Waals surface area contributed by atoms with Crippen molar-refractivity contribution in [3.05, 3.63) is 48.2 Å². The van der Waals surface area contributed by atoms with Crippen LogP contribution in [-0.2, 0) is 0 Å². The minimum atomic E-state index is -0.484. The van der Waals surface area contributed by atoms with Crippen LogP contribution in [-0.4, -0.2) is 16.0 Å². The Labute approximate surface area is 92.4 Å². The normalized spacial score (nSPS) is 10.0. The first-order valence-electron chi connectivity index (χ1n) is 4.72. The number of nitrogens with two attached hydrogens (primary N) is 1. The lowest BCUT2D eigenvalue weighted by atomic mass is 10.1. The van der Waals surface area contributed by atoms with E-state index in [1.165, 1.54) is 6.20 Å². The highest BCUT2D eigenvalue weighted by molar-refractivity contribution is 5.93. The molecule has 0 aliphatic rings. The average molecular weight is 214 g/mol. The Bertz CT molecular complexity index is 521. The van der Waals surface area contributed by atoms with Gasteiger partial charge in [-0.1, -0.05) is 0 Å². The van der Waals surface area contributed by atoms with Crippen molar-refractivity contribution in [2.75, 3.05) is 0 Å². The van der Waals surface area contributed by atoms with Gasteiger partial charge in [0, 0.05) is 17.3 Å². The van der Waals surface area contributed by atoms with Gasteiger partial charge in [0.25, 0.3) is 0 Å². The molecule has 0 bridgehead atoms. The van der Waals surface area contributed by atoms with Gasteiger partial charge >= 0.3 is 0 Å². The summed E-state index contributed by atoms with van der Waals surface area (Å²) in [5.74, 6) is -0.294. The monoisotopic (exact) mass is 214 g/mol. The quantitative estimate of drug-likeness (QED) is 0.796. The molecule has 1 aromatic heterocycles. The van der Waals surface area contributed by atoms with Gasteiger partial charge in [0.05, 0.1) is 5.69 Å². The van der Waals surface area contributed by atoms with Crippen molar-refractivity contribution in [1.29, 1.82) is 0 Å². The number of carbonyl (C=O) groups excluding carboxylic acids is 1. The molecule has 80 valence electrons. The van der Waals surface area contributed by atoms with E-state index in [-0.39, 0.29) is 5.75 Å². The van der Waals surface area contributed by atoms with Crippen molar-refractivity contribution in [2.45, 2.75) is 0 Å². The molecule has 0 fully saturated rings. The van der Waals surface area contributed by atoms with Gasteiger partial charge in [-0.05, 0) is 36.4 Å². The molecular weight excluding hydrogens is 204 g/mol. The van der Waals surface area contributed by atoms with Gasteiger partial charge < -0.3 is 10.8 Å². The van der Waals surface area contributed by atoms with Crippen molar-refractivity contribution < 1.29 is 9.90 Å². The zero-order valence-corrected chi connectivity index (χ0v) is 8.42. The SMILES string of the molecule is NC(=O)c1ccnc(-c2ccc(O)cc2)c1. The Morgan fingerprint density at radius 3 is 2.50 bits per heavy atom. The van der Waals surface area contributed by atoms with Gasteiger partial charge in [-0.3, -0.25) is 9.78 Å². The van der Waals surface area contributed by atoms with E-state index < -0.39 is 5.91 Å². The molecule has 0 unspecified atom stereocenters. The third-order valence-corrected chi connectivity index (χ3v) is 2.21. The third-order valence-electron chi connectivity index (χ3n) is 2.21. The molecule has 0 aliphatic heterocycles. The number of hydrogen-bond acceptors (Lipinski definition) is 3. The second kappa shape index (κ2) is 4.02. The summed E-state index contributed by atoms with van der Waals surface area (Å²) in [6.45, 7) is 0. The van der Waals surface area contributed by atoms with Gasteiger partial charge in [-0.25, -0.2) is 0 Å². The minimum absolute atomic E-state index is 0.190. The van der Waals surface area contributed by atoms with E-state index in [1.807, 2.05) is 0 Å². The molecule has 0 spiro atoms. The highest BCUT2D eigenvalue weighted by atomic mass is 16.3. The number of amides is 1. The summed E-state index contributed by atoms with van der Waals surface area (Å²) >= 11 is 0. The number of phenolic OH excluding ortho intramolecular Hbond substituents is 1. The second-order valence-electron chi connectivity index (χ2n) is 3.34. The fourth-order valence-corrected chi connectivity index (χ4v) is 1.37. The van der Waals surface area contributed by atoms with Crippen molar-refractivity contribution in [3.63, 3.8) is 0 Å². The highest BCUT2D eigenvalue weighted by Gasteiger charge is 2.04. The molecule has 3 N–H and O–H groups in total. The summed E-state index contributed by atoms with van der Waals surface area (Å²) in [6, 6.07) is 9.76. The highest BCUT2D eigenvalue weighted by Crippen LogP contribution is 2.20. The predicted octanol–water partition coefficient (Wildman–Crippen LogP) is 1.55. The van der Waals surface area contributed by atoms with E-state index in [0.29, 0.717) is 11.3 Å². The van der Waals surface area contributed by atoms with Crippen molar-refractivity contribution in [1.82, 2.24) is 4.98 Å². The smallest absolute Gasteiger partial charge is 0.248 e. The Morgan fingerprint density at radius 1 is 1.19 bits per heavy atom. The molecule has 4 nitrogen and oxygen atoms in total. The number of hydrogen-bond donors (Lipinski definition) is 2. The van der Waals surface area contributed by atoms with Crippen molar-refractivity contribution in [3.8, 4) is 17.0 Å². The number of primary amides is 1. The third kappa shape index (κ3) is 2.00. The fourth-order valence-electron chi connectivity index (χ4n) is 1.37. The molecule has 0 saturated carbocycles. The number of pyridine rings is 1. The van der Waals surface area contributed by atoms with E-state index in [4.69, 9.17) is 10.8 Å². The molecule has 2 rings (SSSR count). The van der Waals surface area contributed by atoms with Crippen LogP contribution in [0.25, 0.3) is 11.3 Å². The fraction of sp³-hybridized carbons (Fsp3) is 0. The maximum atomic E-state index is 11.0. The van der Waals surface area contributed by atoms with Crippen LogP contribution in [0.4, 0.5) is 0 Å². The predicted molar refractivity (Wildman–Crippen MR) is 59.9 cm³/mol. The van der Waals surface area contributed by atoms with Gasteiger partial charge in [-0.15, -0.1) is 0 Å². The molecule has 4 heteroatoms. The van der Waals surface area contributed by atoms with E-state index >= 15 is 0 Å². The molecule has 1 heterocycles. The first kappa shape index (κ1) is 10.2. The van der Waals surface area contributed by atoms with Crippen LogP contribution in [0.15, 0.2) is 42.6 Å². The number of carbonyl (C=O) groups is 1. The lowest BCUT2D eigenvalue weighted by Gasteiger charge is -2.02. The first-order chi connectivity index (χ1) is 7.66. The standard InChI is InChI=1S/C12H10N2O2/c13-12(16)9-5-6-14-11(7-9)8-1-3-10(15)4-2-8/h1-7,15H,(H2,13,16). The minimum Gasteiger partial charge on any atom is -0.508 e. The number of nitrogens with zero attached hydrogens (tertiary/aromatic N) is 1. The van der Waals surface area contributed by atoms with Crippen LogP contribution < -0.4 is 5.73 Å². The number of benzene rings is 1. The summed E-state index contributed by atoms with van der Waals surface area (Å²) < 4.78 is 0. The van der Waals surface area contributed by atoms with Gasteiger partial charge in [0.1, 0.15) is 5.75 Å². The molecule has 0 radical (unpaired) electrons. The second-order valence-corrected chi connectivity index (χ2v) is 3.34. The summed E-state index contributed by atoms with van der Waals surface area (Å²) in [5, 5.41) is 9.15. The lowest BCUT2D eigenvalue weighted by Crippen LogP contribution is -2.10. The van der Waals surface area contributed by atoms with Crippen LogP contribution in [0.2, 0.25) is 0 Å². The Balaban J connectivity index is 2.44. The Morgan fingerprint density at radius 2 is 1.88 bits per heavy atom. The molecule has 2 aromatic rings. The van der Waals surface area contributed by atoms with Crippen LogP contribution in [0.1, 0.15) is 10.4 Å². The number of aromatic hydroxyl groups is 1. The number of rotatable bonds is 2. The Hall–Kier alpha value is -2.36. The molecule has 1 amide bonds. The van der Waals surface area contributed by atoms with Gasteiger partial charge in [0.15, 0.2) is 0 Å². The zero-order chi connectivity index (χ0) is 11.5. The summed E-state index contributed by atoms with van der Waals surface area (Å²) in [7, 11) is 0. The van der Waals surface area contributed by atoms with E-state index in [1.54, 1.807) is 36.4 Å². The zero-order valence-electron chi connectivity index (χ0n) is 8.42. The number of aromatic nitrogens is 1.